The van der Waals surface area contributed by atoms with E-state index >= 15 is 0 Å². The molecule has 0 bridgehead atoms. The Morgan fingerprint density at radius 2 is 2.00 bits per heavy atom. The van der Waals surface area contributed by atoms with E-state index in [1.54, 1.807) is 12.1 Å². The molecule has 1 aromatic rings. The van der Waals surface area contributed by atoms with Gasteiger partial charge in [0.05, 0.1) is 12.6 Å². The maximum atomic E-state index is 12.1. The second kappa shape index (κ2) is 12.3. The van der Waals surface area contributed by atoms with E-state index in [0.29, 0.717) is 18.6 Å². The summed E-state index contributed by atoms with van der Waals surface area (Å²) in [5, 5.41) is 6.45. The van der Waals surface area contributed by atoms with Crippen molar-refractivity contribution in [3.63, 3.8) is 0 Å². The van der Waals surface area contributed by atoms with Gasteiger partial charge >= 0.3 is 6.18 Å². The van der Waals surface area contributed by atoms with E-state index in [1.807, 2.05) is 6.92 Å². The van der Waals surface area contributed by atoms with Gasteiger partial charge in [0.25, 0.3) is 0 Å². The molecule has 9 heteroatoms. The molecule has 1 aliphatic heterocycles. The van der Waals surface area contributed by atoms with E-state index in [0.717, 1.165) is 44.5 Å². The van der Waals surface area contributed by atoms with Gasteiger partial charge in [0.2, 0.25) is 0 Å². The van der Waals surface area contributed by atoms with Gasteiger partial charge in [-0.25, -0.2) is 4.99 Å². The number of halogens is 4. The zero-order valence-corrected chi connectivity index (χ0v) is 17.7. The van der Waals surface area contributed by atoms with Crippen molar-refractivity contribution in [1.82, 2.24) is 10.6 Å². The Bertz CT molecular complexity index is 562. The van der Waals surface area contributed by atoms with E-state index in [2.05, 4.69) is 15.6 Å². The second-order valence-electron chi connectivity index (χ2n) is 6.09. The number of alkyl halides is 3. The van der Waals surface area contributed by atoms with Crippen molar-refractivity contribution in [3.8, 4) is 5.75 Å². The summed E-state index contributed by atoms with van der Waals surface area (Å²) >= 11 is 0. The van der Waals surface area contributed by atoms with Crippen LogP contribution in [0.1, 0.15) is 31.7 Å². The Hall–Kier alpha value is -1.23. The molecule has 27 heavy (non-hydrogen) atoms. The van der Waals surface area contributed by atoms with Crippen molar-refractivity contribution in [3.05, 3.63) is 29.8 Å². The minimum atomic E-state index is -4.33. The van der Waals surface area contributed by atoms with E-state index in [4.69, 9.17) is 9.47 Å². The molecule has 0 radical (unpaired) electrons. The molecule has 2 rings (SSSR count). The highest BCUT2D eigenvalue weighted by Gasteiger charge is 2.28. The third-order valence-corrected chi connectivity index (χ3v) is 3.87. The molecular weight excluding hydrogens is 474 g/mol. The summed E-state index contributed by atoms with van der Waals surface area (Å²) in [6, 6.07) is 6.47. The number of ether oxygens (including phenoxy) is 2. The number of hydrogen-bond acceptors (Lipinski definition) is 3. The van der Waals surface area contributed by atoms with Crippen molar-refractivity contribution in [2.24, 2.45) is 4.99 Å². The average Bonchev–Trinajstić information content (AvgIpc) is 3.11. The summed E-state index contributed by atoms with van der Waals surface area (Å²) < 4.78 is 46.7. The summed E-state index contributed by atoms with van der Waals surface area (Å²) in [6.07, 6.45) is -0.830. The largest absolute Gasteiger partial charge is 0.484 e. The lowest BCUT2D eigenvalue weighted by Crippen LogP contribution is -2.38. The summed E-state index contributed by atoms with van der Waals surface area (Å²) in [4.78, 5) is 4.50. The van der Waals surface area contributed by atoms with Gasteiger partial charge < -0.3 is 20.1 Å². The van der Waals surface area contributed by atoms with Crippen LogP contribution in [0.25, 0.3) is 0 Å². The summed E-state index contributed by atoms with van der Waals surface area (Å²) in [5.41, 5.74) is 0.890. The van der Waals surface area contributed by atoms with Crippen molar-refractivity contribution >= 4 is 29.9 Å². The average molecular weight is 501 g/mol. The van der Waals surface area contributed by atoms with Crippen LogP contribution in [-0.4, -0.2) is 44.5 Å². The van der Waals surface area contributed by atoms with Crippen LogP contribution in [0.4, 0.5) is 13.2 Å². The molecule has 1 saturated heterocycles. The lowest BCUT2D eigenvalue weighted by Gasteiger charge is -2.14. The first-order valence-electron chi connectivity index (χ1n) is 8.88. The predicted molar refractivity (Wildman–Crippen MR) is 110 cm³/mol. The van der Waals surface area contributed by atoms with E-state index in [1.165, 1.54) is 12.1 Å². The molecule has 0 aliphatic carbocycles. The molecule has 1 aliphatic rings. The number of rotatable bonds is 8. The number of aliphatic imine (C=N–C) groups is 1. The van der Waals surface area contributed by atoms with Gasteiger partial charge in [-0.3, -0.25) is 0 Å². The number of benzene rings is 1. The number of hydrogen-bond donors (Lipinski definition) is 2. The highest BCUT2D eigenvalue weighted by Crippen LogP contribution is 2.19. The SMILES string of the molecule is CCNC(=NCc1ccc(OCC(F)(F)F)cc1)NCCC1CCCO1.I. The zero-order valence-electron chi connectivity index (χ0n) is 15.3. The summed E-state index contributed by atoms with van der Waals surface area (Å²) in [6.45, 7) is 3.50. The molecule has 0 spiro atoms. The molecule has 1 fully saturated rings. The lowest BCUT2D eigenvalue weighted by atomic mass is 10.2. The van der Waals surface area contributed by atoms with Crippen LogP contribution in [0, 0.1) is 0 Å². The lowest BCUT2D eigenvalue weighted by molar-refractivity contribution is -0.153. The van der Waals surface area contributed by atoms with Crippen LogP contribution in [0.3, 0.4) is 0 Å². The smallest absolute Gasteiger partial charge is 0.422 e. The highest BCUT2D eigenvalue weighted by atomic mass is 127. The van der Waals surface area contributed by atoms with Gasteiger partial charge in [0.15, 0.2) is 12.6 Å². The van der Waals surface area contributed by atoms with Gasteiger partial charge in [-0.05, 0) is 43.9 Å². The molecule has 0 aromatic heterocycles. The maximum Gasteiger partial charge on any atom is 0.422 e. The molecule has 1 atom stereocenters. The molecule has 1 aromatic carbocycles. The van der Waals surface area contributed by atoms with Crippen molar-refractivity contribution in [2.45, 2.75) is 45.0 Å². The quantitative estimate of drug-likeness (QED) is 0.323. The first-order valence-corrected chi connectivity index (χ1v) is 8.88. The molecule has 2 N–H and O–H groups in total. The minimum Gasteiger partial charge on any atom is -0.484 e. The Kier molecular flexibility index (Phi) is 10.8. The molecular formula is C18H27F3IN3O2. The van der Waals surface area contributed by atoms with Gasteiger partial charge in [-0.15, -0.1) is 24.0 Å². The van der Waals surface area contributed by atoms with Crippen LogP contribution in [0.15, 0.2) is 29.3 Å². The maximum absolute atomic E-state index is 12.1. The fourth-order valence-corrected chi connectivity index (χ4v) is 2.59. The predicted octanol–water partition coefficient (Wildman–Crippen LogP) is 3.87. The van der Waals surface area contributed by atoms with Crippen molar-refractivity contribution < 1.29 is 22.6 Å². The van der Waals surface area contributed by atoms with Crippen molar-refractivity contribution in [1.29, 1.82) is 0 Å². The number of nitrogens with one attached hydrogen (secondary N) is 2. The minimum absolute atomic E-state index is 0. The number of guanidine groups is 1. The standard InChI is InChI=1S/C18H26F3N3O2.HI/c1-2-22-17(23-10-9-15-4-3-11-25-15)24-12-14-5-7-16(8-6-14)26-13-18(19,20)21;/h5-8,15H,2-4,9-13H2,1H3,(H2,22,23,24);1H. The molecule has 5 nitrogen and oxygen atoms in total. The van der Waals surface area contributed by atoms with Crippen LogP contribution in [0.5, 0.6) is 5.75 Å². The van der Waals surface area contributed by atoms with E-state index in [-0.39, 0.29) is 29.7 Å². The normalized spacial score (nSPS) is 17.3. The van der Waals surface area contributed by atoms with Gasteiger partial charge in [0, 0.05) is 19.7 Å². The Morgan fingerprint density at radius 1 is 1.26 bits per heavy atom. The summed E-state index contributed by atoms with van der Waals surface area (Å²) in [7, 11) is 0. The van der Waals surface area contributed by atoms with Gasteiger partial charge in [0.1, 0.15) is 5.75 Å². The topological polar surface area (TPSA) is 54.9 Å². The van der Waals surface area contributed by atoms with Gasteiger partial charge in [-0.1, -0.05) is 12.1 Å². The Morgan fingerprint density at radius 3 is 2.59 bits per heavy atom. The monoisotopic (exact) mass is 501 g/mol. The Labute approximate surface area is 175 Å². The second-order valence-corrected chi connectivity index (χ2v) is 6.09. The Balaban J connectivity index is 0.00000364. The van der Waals surface area contributed by atoms with E-state index < -0.39 is 12.8 Å². The van der Waals surface area contributed by atoms with Gasteiger partial charge in [-0.2, -0.15) is 13.2 Å². The fraction of sp³-hybridized carbons (Fsp3) is 0.611. The highest BCUT2D eigenvalue weighted by molar-refractivity contribution is 14.0. The number of nitrogens with zero attached hydrogens (tertiary/aromatic N) is 1. The first kappa shape index (κ1) is 23.8. The van der Waals surface area contributed by atoms with Crippen molar-refractivity contribution in [2.75, 3.05) is 26.3 Å². The molecule has 0 amide bonds. The van der Waals surface area contributed by atoms with Crippen LogP contribution in [-0.2, 0) is 11.3 Å². The molecule has 1 heterocycles. The third-order valence-electron chi connectivity index (χ3n) is 3.87. The fourth-order valence-electron chi connectivity index (χ4n) is 2.59. The zero-order chi connectivity index (χ0) is 18.8. The van der Waals surface area contributed by atoms with E-state index in [9.17, 15) is 13.2 Å². The molecule has 0 saturated carbocycles. The van der Waals surface area contributed by atoms with Crippen LogP contribution in [0.2, 0.25) is 0 Å². The molecule has 154 valence electrons. The first-order chi connectivity index (χ1) is 12.5. The van der Waals surface area contributed by atoms with Crippen LogP contribution >= 0.6 is 24.0 Å². The summed E-state index contributed by atoms with van der Waals surface area (Å²) in [5.74, 6) is 0.902. The molecule has 1 unspecified atom stereocenters. The van der Waals surface area contributed by atoms with Crippen LogP contribution < -0.4 is 15.4 Å². The third kappa shape index (κ3) is 10.0.